The van der Waals surface area contributed by atoms with Gasteiger partial charge in [0.25, 0.3) is 0 Å². The first-order valence-corrected chi connectivity index (χ1v) is 7.69. The predicted octanol–water partition coefficient (Wildman–Crippen LogP) is 0.900. The van der Waals surface area contributed by atoms with Crippen molar-refractivity contribution in [2.75, 3.05) is 11.5 Å². The number of benzene rings is 1. The second-order valence-corrected chi connectivity index (χ2v) is 6.46. The minimum absolute atomic E-state index is 0.0443. The fourth-order valence-corrected chi connectivity index (χ4v) is 3.66. The predicted molar refractivity (Wildman–Crippen MR) is 75.7 cm³/mol. The van der Waals surface area contributed by atoms with E-state index < -0.39 is 15.7 Å². The van der Waals surface area contributed by atoms with Crippen LogP contribution in [0.2, 0.25) is 0 Å². The van der Waals surface area contributed by atoms with Crippen molar-refractivity contribution in [3.63, 3.8) is 0 Å². The van der Waals surface area contributed by atoms with E-state index in [1.807, 2.05) is 6.92 Å². The molecule has 0 aliphatic rings. The number of anilines is 1. The van der Waals surface area contributed by atoms with E-state index in [0.717, 1.165) is 10.4 Å². The Hall–Kier alpha value is -1.76. The van der Waals surface area contributed by atoms with Crippen LogP contribution in [0, 0.1) is 0 Å². The first-order valence-electron chi connectivity index (χ1n) is 6.08. The molecule has 2 aromatic rings. The van der Waals surface area contributed by atoms with E-state index >= 15 is 0 Å². The molecule has 0 aliphatic carbocycles. The summed E-state index contributed by atoms with van der Waals surface area (Å²) < 4.78 is 26.7. The summed E-state index contributed by atoms with van der Waals surface area (Å²) in [4.78, 5) is 12.1. The molecule has 0 aliphatic heterocycles. The molecule has 0 unspecified atom stereocenters. The maximum atomic E-state index is 12.3. The molecule has 0 saturated carbocycles. The van der Waals surface area contributed by atoms with Gasteiger partial charge in [0, 0.05) is 12.7 Å². The summed E-state index contributed by atoms with van der Waals surface area (Å²) in [6.45, 7) is 1.90. The molecule has 1 heterocycles. The van der Waals surface area contributed by atoms with Gasteiger partial charge in [-0.2, -0.15) is 3.97 Å². The maximum Gasteiger partial charge on any atom is 0.342 e. The van der Waals surface area contributed by atoms with E-state index in [-0.39, 0.29) is 5.75 Å². The van der Waals surface area contributed by atoms with Gasteiger partial charge in [0.1, 0.15) is 0 Å². The lowest BCUT2D eigenvalue weighted by atomic mass is 10.3. The van der Waals surface area contributed by atoms with Crippen LogP contribution in [0.5, 0.6) is 0 Å². The number of rotatable bonds is 4. The number of fused-ring (bicyclic) bond motifs is 1. The average molecular weight is 283 g/mol. The molecule has 0 spiro atoms. The Bertz CT molecular complexity index is 771. The Morgan fingerprint density at radius 1 is 1.26 bits per heavy atom. The largest absolute Gasteiger partial charge is 0.399 e. The molecule has 104 valence electrons. The van der Waals surface area contributed by atoms with Crippen LogP contribution in [0.15, 0.2) is 23.0 Å². The van der Waals surface area contributed by atoms with E-state index in [1.54, 1.807) is 19.2 Å². The van der Waals surface area contributed by atoms with Gasteiger partial charge in [0.2, 0.25) is 10.0 Å². The van der Waals surface area contributed by atoms with Gasteiger partial charge >= 0.3 is 5.69 Å². The van der Waals surface area contributed by atoms with Gasteiger partial charge in [-0.3, -0.25) is 4.57 Å². The molecular formula is C12H17N3O3S. The van der Waals surface area contributed by atoms with Crippen molar-refractivity contribution in [2.24, 2.45) is 7.05 Å². The Kier molecular flexibility index (Phi) is 3.40. The number of unbranched alkanes of at least 4 members (excludes halogenated alkanes) is 1. The van der Waals surface area contributed by atoms with Crippen LogP contribution >= 0.6 is 0 Å². The number of nitrogens with two attached hydrogens (primary N) is 1. The second-order valence-electron chi connectivity index (χ2n) is 4.52. The molecule has 0 radical (unpaired) electrons. The van der Waals surface area contributed by atoms with Gasteiger partial charge in [-0.05, 0) is 24.6 Å². The summed E-state index contributed by atoms with van der Waals surface area (Å²) in [7, 11) is -2.10. The zero-order valence-corrected chi connectivity index (χ0v) is 11.8. The number of hydrogen-bond donors (Lipinski definition) is 1. The highest BCUT2D eigenvalue weighted by molar-refractivity contribution is 7.90. The van der Waals surface area contributed by atoms with Gasteiger partial charge in [-0.1, -0.05) is 13.3 Å². The van der Waals surface area contributed by atoms with Crippen LogP contribution < -0.4 is 11.4 Å². The summed E-state index contributed by atoms with van der Waals surface area (Å²) in [5.41, 5.74) is 6.44. The molecule has 6 nitrogen and oxygen atoms in total. The van der Waals surface area contributed by atoms with Gasteiger partial charge < -0.3 is 5.73 Å². The first-order chi connectivity index (χ1) is 8.88. The lowest BCUT2D eigenvalue weighted by Crippen LogP contribution is -2.30. The Morgan fingerprint density at radius 2 is 1.95 bits per heavy atom. The fourth-order valence-electron chi connectivity index (χ4n) is 2.02. The molecule has 1 aromatic carbocycles. The summed E-state index contributed by atoms with van der Waals surface area (Å²) in [6, 6.07) is 4.81. The summed E-state index contributed by atoms with van der Waals surface area (Å²) in [6.07, 6.45) is 1.27. The second kappa shape index (κ2) is 4.73. The highest BCUT2D eigenvalue weighted by Gasteiger charge is 2.21. The molecule has 0 fully saturated rings. The maximum absolute atomic E-state index is 12.3. The number of aromatic nitrogens is 2. The number of aryl methyl sites for hydroxylation is 1. The van der Waals surface area contributed by atoms with E-state index in [2.05, 4.69) is 0 Å². The van der Waals surface area contributed by atoms with Crippen LogP contribution in [0.4, 0.5) is 5.69 Å². The molecule has 0 bridgehead atoms. The standard InChI is InChI=1S/C12H17N3O3S/c1-3-4-7-19(17,18)15-11-8-9(13)5-6-10(11)14(2)12(15)16/h5-6,8H,3-4,7,13H2,1-2H3. The van der Waals surface area contributed by atoms with Crippen LogP contribution in [-0.2, 0) is 17.1 Å². The van der Waals surface area contributed by atoms with Crippen molar-refractivity contribution in [2.45, 2.75) is 19.8 Å². The lowest BCUT2D eigenvalue weighted by Gasteiger charge is -2.04. The number of imidazole rings is 1. The highest BCUT2D eigenvalue weighted by Crippen LogP contribution is 2.18. The van der Waals surface area contributed by atoms with Gasteiger partial charge in [0.05, 0.1) is 16.8 Å². The van der Waals surface area contributed by atoms with Gasteiger partial charge in [-0.25, -0.2) is 13.2 Å². The van der Waals surface area contributed by atoms with E-state index in [1.165, 1.54) is 10.6 Å². The third-order valence-electron chi connectivity index (χ3n) is 3.07. The molecule has 0 amide bonds. The molecule has 2 N–H and O–H groups in total. The van der Waals surface area contributed by atoms with E-state index in [4.69, 9.17) is 5.73 Å². The molecular weight excluding hydrogens is 266 g/mol. The van der Waals surface area contributed by atoms with Crippen LogP contribution in [-0.4, -0.2) is 22.7 Å². The molecule has 0 atom stereocenters. The highest BCUT2D eigenvalue weighted by atomic mass is 32.2. The van der Waals surface area contributed by atoms with Crippen molar-refractivity contribution in [1.29, 1.82) is 0 Å². The molecule has 0 saturated heterocycles. The van der Waals surface area contributed by atoms with Crippen molar-refractivity contribution >= 4 is 26.7 Å². The number of nitrogen functional groups attached to an aromatic ring is 1. The quantitative estimate of drug-likeness (QED) is 0.845. The SMILES string of the molecule is CCCCS(=O)(=O)n1c(=O)n(C)c2ccc(N)cc21. The zero-order valence-electron chi connectivity index (χ0n) is 11.0. The zero-order chi connectivity index (χ0) is 14.2. The third kappa shape index (κ3) is 2.25. The number of nitrogens with zero attached hydrogens (tertiary/aromatic N) is 2. The minimum atomic E-state index is -3.65. The van der Waals surface area contributed by atoms with Crippen molar-refractivity contribution < 1.29 is 8.42 Å². The van der Waals surface area contributed by atoms with Crippen LogP contribution in [0.3, 0.4) is 0 Å². The Labute approximate surface area is 111 Å². The minimum Gasteiger partial charge on any atom is -0.399 e. The summed E-state index contributed by atoms with van der Waals surface area (Å²) in [5, 5.41) is 0. The van der Waals surface area contributed by atoms with Crippen molar-refractivity contribution in [3.8, 4) is 0 Å². The fraction of sp³-hybridized carbons (Fsp3) is 0.417. The third-order valence-corrected chi connectivity index (χ3v) is 4.79. The molecule has 2 rings (SSSR count). The normalized spacial score (nSPS) is 12.1. The average Bonchev–Trinajstić information content (AvgIpc) is 2.59. The number of hydrogen-bond acceptors (Lipinski definition) is 4. The van der Waals surface area contributed by atoms with Crippen LogP contribution in [0.25, 0.3) is 11.0 Å². The topological polar surface area (TPSA) is 87.1 Å². The van der Waals surface area contributed by atoms with E-state index in [0.29, 0.717) is 23.1 Å². The summed E-state index contributed by atoms with van der Waals surface area (Å²) in [5.74, 6) is -0.0443. The molecule has 7 heteroatoms. The van der Waals surface area contributed by atoms with E-state index in [9.17, 15) is 13.2 Å². The van der Waals surface area contributed by atoms with Gasteiger partial charge in [0.15, 0.2) is 0 Å². The Balaban J connectivity index is 2.76. The van der Waals surface area contributed by atoms with Crippen molar-refractivity contribution in [3.05, 3.63) is 28.7 Å². The monoisotopic (exact) mass is 283 g/mol. The Morgan fingerprint density at radius 3 is 2.58 bits per heavy atom. The lowest BCUT2D eigenvalue weighted by molar-refractivity contribution is 0.582. The van der Waals surface area contributed by atoms with Gasteiger partial charge in [-0.15, -0.1) is 0 Å². The van der Waals surface area contributed by atoms with Crippen LogP contribution in [0.1, 0.15) is 19.8 Å². The summed E-state index contributed by atoms with van der Waals surface area (Å²) >= 11 is 0. The molecule has 19 heavy (non-hydrogen) atoms. The first kappa shape index (κ1) is 13.7. The molecule has 1 aromatic heterocycles. The van der Waals surface area contributed by atoms with Crippen molar-refractivity contribution in [1.82, 2.24) is 8.54 Å². The smallest absolute Gasteiger partial charge is 0.342 e.